The molecule has 1 saturated carbocycles. The molecule has 1 aliphatic rings. The van der Waals surface area contributed by atoms with E-state index >= 15 is 0 Å². The van der Waals surface area contributed by atoms with E-state index in [-0.39, 0.29) is 25.0 Å². The molecule has 1 amide bonds. The lowest BCUT2D eigenvalue weighted by Gasteiger charge is -2.24. The first kappa shape index (κ1) is 14.7. The molecule has 0 aromatic rings. The van der Waals surface area contributed by atoms with E-state index in [0.717, 1.165) is 25.7 Å². The summed E-state index contributed by atoms with van der Waals surface area (Å²) in [6, 6.07) is 0.265. The Morgan fingerprint density at radius 3 is 2.50 bits per heavy atom. The van der Waals surface area contributed by atoms with Crippen molar-refractivity contribution in [3.63, 3.8) is 0 Å². The van der Waals surface area contributed by atoms with Gasteiger partial charge in [-0.2, -0.15) is 0 Å². The van der Waals surface area contributed by atoms with Crippen LogP contribution in [0.3, 0.4) is 0 Å². The number of carboxylic acid groups (broad SMARTS) is 1. The van der Waals surface area contributed by atoms with Crippen LogP contribution in [0.25, 0.3) is 0 Å². The van der Waals surface area contributed by atoms with Crippen LogP contribution in [-0.2, 0) is 9.59 Å². The molecule has 0 saturated heterocycles. The van der Waals surface area contributed by atoms with Crippen molar-refractivity contribution >= 4 is 11.9 Å². The van der Waals surface area contributed by atoms with Gasteiger partial charge >= 0.3 is 5.97 Å². The maximum atomic E-state index is 11.8. The monoisotopic (exact) mass is 254 g/mol. The zero-order valence-electron chi connectivity index (χ0n) is 10.7. The van der Waals surface area contributed by atoms with E-state index in [4.69, 9.17) is 5.11 Å². The number of carbonyl (C=O) groups is 2. The van der Waals surface area contributed by atoms with Gasteiger partial charge < -0.3 is 10.4 Å². The van der Waals surface area contributed by atoms with Crippen molar-refractivity contribution in [3.8, 4) is 0 Å². The van der Waals surface area contributed by atoms with Gasteiger partial charge in [-0.15, -0.1) is 6.58 Å². The molecular weight excluding hydrogens is 232 g/mol. The molecule has 0 aromatic heterocycles. The molecule has 5 nitrogen and oxygen atoms in total. The number of nitrogens with zero attached hydrogens (tertiary/aromatic N) is 1. The number of rotatable bonds is 7. The highest BCUT2D eigenvalue weighted by Gasteiger charge is 2.18. The van der Waals surface area contributed by atoms with E-state index in [1.807, 2.05) is 0 Å². The van der Waals surface area contributed by atoms with Crippen molar-refractivity contribution in [2.24, 2.45) is 0 Å². The molecule has 0 aliphatic heterocycles. The van der Waals surface area contributed by atoms with Gasteiger partial charge in [0.1, 0.15) is 0 Å². The summed E-state index contributed by atoms with van der Waals surface area (Å²) in [4.78, 5) is 24.0. The van der Waals surface area contributed by atoms with Gasteiger partial charge in [0.25, 0.3) is 0 Å². The fraction of sp³-hybridized carbons (Fsp3) is 0.692. The average molecular weight is 254 g/mol. The van der Waals surface area contributed by atoms with Gasteiger partial charge in [0.15, 0.2) is 0 Å². The Balaban J connectivity index is 2.34. The third-order valence-corrected chi connectivity index (χ3v) is 3.08. The summed E-state index contributed by atoms with van der Waals surface area (Å²) in [6.07, 6.45) is 7.25. The fourth-order valence-electron chi connectivity index (χ4n) is 2.28. The van der Waals surface area contributed by atoms with Crippen LogP contribution >= 0.6 is 0 Å². The molecule has 0 unspecified atom stereocenters. The first-order chi connectivity index (χ1) is 8.61. The lowest BCUT2D eigenvalue weighted by Crippen LogP contribution is -2.44. The minimum Gasteiger partial charge on any atom is -0.480 e. The minimum atomic E-state index is -0.928. The van der Waals surface area contributed by atoms with E-state index in [0.29, 0.717) is 6.54 Å². The number of carbonyl (C=O) groups excluding carboxylic acids is 1. The Morgan fingerprint density at radius 1 is 1.28 bits per heavy atom. The smallest absolute Gasteiger partial charge is 0.317 e. The number of hydrogen-bond donors (Lipinski definition) is 2. The molecule has 2 N–H and O–H groups in total. The number of amides is 1. The largest absolute Gasteiger partial charge is 0.480 e. The predicted molar refractivity (Wildman–Crippen MR) is 69.3 cm³/mol. The molecule has 102 valence electrons. The predicted octanol–water partition coefficient (Wildman–Crippen LogP) is 1.01. The van der Waals surface area contributed by atoms with Crippen molar-refractivity contribution in [3.05, 3.63) is 12.7 Å². The van der Waals surface area contributed by atoms with Crippen LogP contribution in [0.1, 0.15) is 32.1 Å². The van der Waals surface area contributed by atoms with Crippen molar-refractivity contribution in [1.29, 1.82) is 0 Å². The molecule has 0 bridgehead atoms. The van der Waals surface area contributed by atoms with Crippen LogP contribution in [0.4, 0.5) is 0 Å². The van der Waals surface area contributed by atoms with Crippen molar-refractivity contribution in [1.82, 2.24) is 10.2 Å². The number of nitrogens with one attached hydrogen (secondary N) is 1. The lowest BCUT2D eigenvalue weighted by molar-refractivity contribution is -0.138. The lowest BCUT2D eigenvalue weighted by atomic mass is 9.95. The van der Waals surface area contributed by atoms with Gasteiger partial charge in [-0.3, -0.25) is 14.5 Å². The zero-order chi connectivity index (χ0) is 13.4. The molecule has 0 heterocycles. The normalized spacial score (nSPS) is 16.5. The highest BCUT2D eigenvalue weighted by molar-refractivity contribution is 5.79. The Kier molecular flexibility index (Phi) is 6.43. The quantitative estimate of drug-likeness (QED) is 0.665. The second-order valence-corrected chi connectivity index (χ2v) is 4.75. The molecule has 0 radical (unpaired) electrons. The average Bonchev–Trinajstić information content (AvgIpc) is 2.29. The van der Waals surface area contributed by atoms with E-state index in [1.165, 1.54) is 6.42 Å². The number of hydrogen-bond acceptors (Lipinski definition) is 3. The standard InChI is InChI=1S/C13H22N2O3/c1-2-8-15(10-13(17)18)9-12(16)14-11-6-4-3-5-7-11/h2,11H,1,3-10H2,(H,14,16)(H,17,18). The summed E-state index contributed by atoms with van der Waals surface area (Å²) in [7, 11) is 0. The summed E-state index contributed by atoms with van der Waals surface area (Å²) in [6.45, 7) is 3.96. The number of carboxylic acids is 1. The molecule has 1 aliphatic carbocycles. The van der Waals surface area contributed by atoms with Crippen molar-refractivity contribution in [2.75, 3.05) is 19.6 Å². The highest BCUT2D eigenvalue weighted by Crippen LogP contribution is 2.17. The first-order valence-corrected chi connectivity index (χ1v) is 6.46. The van der Waals surface area contributed by atoms with Gasteiger partial charge in [-0.25, -0.2) is 0 Å². The first-order valence-electron chi connectivity index (χ1n) is 6.46. The maximum absolute atomic E-state index is 11.8. The summed E-state index contributed by atoms with van der Waals surface area (Å²) < 4.78 is 0. The molecule has 1 rings (SSSR count). The van der Waals surface area contributed by atoms with E-state index in [9.17, 15) is 9.59 Å². The molecular formula is C13H22N2O3. The number of aliphatic carboxylic acids is 1. The van der Waals surface area contributed by atoms with Crippen LogP contribution in [-0.4, -0.2) is 47.6 Å². The Bertz CT molecular complexity index is 299. The van der Waals surface area contributed by atoms with Crippen LogP contribution in [0, 0.1) is 0 Å². The van der Waals surface area contributed by atoms with Crippen LogP contribution in [0.5, 0.6) is 0 Å². The minimum absolute atomic E-state index is 0.0926. The van der Waals surface area contributed by atoms with Gasteiger partial charge in [-0.1, -0.05) is 25.3 Å². The third-order valence-electron chi connectivity index (χ3n) is 3.08. The summed E-state index contributed by atoms with van der Waals surface area (Å²) >= 11 is 0. The Labute approximate surface area is 108 Å². The topological polar surface area (TPSA) is 69.6 Å². The van der Waals surface area contributed by atoms with Gasteiger partial charge in [-0.05, 0) is 12.8 Å². The Hall–Kier alpha value is -1.36. The molecule has 0 atom stereocenters. The molecule has 18 heavy (non-hydrogen) atoms. The van der Waals surface area contributed by atoms with E-state index in [1.54, 1.807) is 11.0 Å². The second kappa shape index (κ2) is 7.87. The zero-order valence-corrected chi connectivity index (χ0v) is 10.7. The molecule has 0 spiro atoms. The summed E-state index contributed by atoms with van der Waals surface area (Å²) in [5.41, 5.74) is 0. The SMILES string of the molecule is C=CCN(CC(=O)O)CC(=O)NC1CCCCC1. The van der Waals surface area contributed by atoms with Crippen LogP contribution in [0.15, 0.2) is 12.7 Å². The fourth-order valence-corrected chi connectivity index (χ4v) is 2.28. The maximum Gasteiger partial charge on any atom is 0.317 e. The van der Waals surface area contributed by atoms with Gasteiger partial charge in [0.2, 0.25) is 5.91 Å². The second-order valence-electron chi connectivity index (χ2n) is 4.75. The highest BCUT2D eigenvalue weighted by atomic mass is 16.4. The Morgan fingerprint density at radius 2 is 1.94 bits per heavy atom. The summed E-state index contributed by atoms with van der Waals surface area (Å²) in [5, 5.41) is 11.7. The van der Waals surface area contributed by atoms with Crippen LogP contribution in [0.2, 0.25) is 0 Å². The van der Waals surface area contributed by atoms with Gasteiger partial charge in [0, 0.05) is 12.6 Å². The van der Waals surface area contributed by atoms with E-state index < -0.39 is 5.97 Å². The molecule has 1 fully saturated rings. The summed E-state index contributed by atoms with van der Waals surface area (Å²) in [5.74, 6) is -1.02. The molecule has 5 heteroatoms. The van der Waals surface area contributed by atoms with Crippen LogP contribution < -0.4 is 5.32 Å². The third kappa shape index (κ3) is 5.82. The van der Waals surface area contributed by atoms with Crippen molar-refractivity contribution < 1.29 is 14.7 Å². The van der Waals surface area contributed by atoms with E-state index in [2.05, 4.69) is 11.9 Å². The molecule has 0 aromatic carbocycles. The van der Waals surface area contributed by atoms with Gasteiger partial charge in [0.05, 0.1) is 13.1 Å². The van der Waals surface area contributed by atoms with Crippen molar-refractivity contribution in [2.45, 2.75) is 38.1 Å².